The number of carbonyl (C=O) groups is 1. The van der Waals surface area contributed by atoms with Crippen LogP contribution in [0.25, 0.3) is 10.9 Å². The molecule has 0 spiro atoms. The van der Waals surface area contributed by atoms with Gasteiger partial charge >= 0.3 is 0 Å². The van der Waals surface area contributed by atoms with Crippen molar-refractivity contribution < 1.29 is 17.9 Å². The summed E-state index contributed by atoms with van der Waals surface area (Å²) in [7, 11) is -2.46. The second kappa shape index (κ2) is 7.95. The van der Waals surface area contributed by atoms with Crippen LogP contribution in [0.15, 0.2) is 83.8 Å². The molecule has 0 aliphatic heterocycles. The lowest BCUT2D eigenvalue weighted by molar-refractivity contribution is 0.103. The molecule has 0 atom stereocenters. The molecule has 0 saturated heterocycles. The van der Waals surface area contributed by atoms with Crippen LogP contribution in [-0.2, 0) is 15.4 Å². The van der Waals surface area contributed by atoms with Gasteiger partial charge in [-0.3, -0.25) is 4.79 Å². The summed E-state index contributed by atoms with van der Waals surface area (Å²) in [6.07, 6.45) is 0. The van der Waals surface area contributed by atoms with Gasteiger partial charge in [0.2, 0.25) is 5.78 Å². The predicted molar refractivity (Wildman–Crippen MR) is 126 cm³/mol. The Labute approximate surface area is 188 Å². The number of hydrogen-bond donors (Lipinski definition) is 0. The molecule has 0 radical (unpaired) electrons. The number of carbonyl (C=O) groups excluding carboxylic acids is 1. The minimum Gasteiger partial charge on any atom is -0.497 e. The molecule has 0 amide bonds. The van der Waals surface area contributed by atoms with Gasteiger partial charge < -0.3 is 4.74 Å². The molecule has 0 fully saturated rings. The van der Waals surface area contributed by atoms with Gasteiger partial charge in [-0.2, -0.15) is 0 Å². The van der Waals surface area contributed by atoms with Gasteiger partial charge in [-0.05, 0) is 47.4 Å². The van der Waals surface area contributed by atoms with Crippen molar-refractivity contribution in [3.05, 3.63) is 95.7 Å². The van der Waals surface area contributed by atoms with E-state index >= 15 is 0 Å². The normalized spacial score (nSPS) is 12.1. The molecule has 0 N–H and O–H groups in total. The van der Waals surface area contributed by atoms with Crippen molar-refractivity contribution in [2.24, 2.45) is 0 Å². The third-order valence-electron chi connectivity index (χ3n) is 5.49. The maximum Gasteiger partial charge on any atom is 0.268 e. The Kier molecular flexibility index (Phi) is 5.42. The van der Waals surface area contributed by atoms with Gasteiger partial charge in [-0.25, -0.2) is 12.4 Å². The number of benzene rings is 3. The van der Waals surface area contributed by atoms with E-state index in [1.165, 1.54) is 12.1 Å². The van der Waals surface area contributed by atoms with Crippen molar-refractivity contribution in [3.63, 3.8) is 0 Å². The predicted octanol–water partition coefficient (Wildman–Crippen LogP) is 5.42. The van der Waals surface area contributed by atoms with E-state index in [-0.39, 0.29) is 21.8 Å². The van der Waals surface area contributed by atoms with Crippen molar-refractivity contribution >= 4 is 26.7 Å². The number of hydrogen-bond acceptors (Lipinski definition) is 4. The zero-order valence-electron chi connectivity index (χ0n) is 18.5. The van der Waals surface area contributed by atoms with E-state index in [4.69, 9.17) is 4.74 Å². The van der Waals surface area contributed by atoms with Gasteiger partial charge in [0.1, 0.15) is 11.4 Å². The SMILES string of the molecule is COc1ccc2c(c1)cc(C(=O)c1ccc(C(C)(C)C)cc1)n2S(=O)(=O)c1ccccc1. The molecule has 4 aromatic rings. The maximum atomic E-state index is 13.6. The van der Waals surface area contributed by atoms with E-state index in [2.05, 4.69) is 20.8 Å². The average Bonchev–Trinajstić information content (AvgIpc) is 3.18. The molecular formula is C26H25NO4S. The molecule has 0 aliphatic rings. The molecule has 6 heteroatoms. The Morgan fingerprint density at radius 2 is 1.53 bits per heavy atom. The number of fused-ring (bicyclic) bond motifs is 1. The highest BCUT2D eigenvalue weighted by atomic mass is 32.2. The minimum atomic E-state index is -4.00. The monoisotopic (exact) mass is 447 g/mol. The van der Waals surface area contributed by atoms with Crippen LogP contribution in [0.5, 0.6) is 5.75 Å². The van der Waals surface area contributed by atoms with Crippen molar-refractivity contribution in [3.8, 4) is 5.75 Å². The summed E-state index contributed by atoms with van der Waals surface area (Å²) in [6, 6.07) is 22.1. The molecule has 32 heavy (non-hydrogen) atoms. The number of nitrogens with zero attached hydrogens (tertiary/aromatic N) is 1. The molecule has 0 bridgehead atoms. The summed E-state index contributed by atoms with van der Waals surface area (Å²) in [4.78, 5) is 13.6. The van der Waals surface area contributed by atoms with Gasteiger partial charge in [0.05, 0.1) is 17.5 Å². The fraction of sp³-hybridized carbons (Fsp3) is 0.192. The van der Waals surface area contributed by atoms with Crippen LogP contribution in [0.4, 0.5) is 0 Å². The molecule has 0 aliphatic carbocycles. The van der Waals surface area contributed by atoms with Crippen LogP contribution >= 0.6 is 0 Å². The Morgan fingerprint density at radius 1 is 0.875 bits per heavy atom. The number of aromatic nitrogens is 1. The Hall–Kier alpha value is -3.38. The van der Waals surface area contributed by atoms with E-state index in [1.807, 2.05) is 12.1 Å². The topological polar surface area (TPSA) is 65.4 Å². The van der Waals surface area contributed by atoms with Crippen molar-refractivity contribution in [1.82, 2.24) is 3.97 Å². The van der Waals surface area contributed by atoms with E-state index in [0.717, 1.165) is 9.54 Å². The standard InChI is InChI=1S/C26H25NO4S/c1-26(2,3)20-12-10-18(11-13-20)25(28)24-17-19-16-21(31-4)14-15-23(19)27(24)32(29,30)22-8-6-5-7-9-22/h5-17H,1-4H3. The average molecular weight is 448 g/mol. The zero-order chi connectivity index (χ0) is 23.1. The summed E-state index contributed by atoms with van der Waals surface area (Å²) < 4.78 is 33.6. The number of rotatable bonds is 5. The highest BCUT2D eigenvalue weighted by Gasteiger charge is 2.27. The van der Waals surface area contributed by atoms with Crippen molar-refractivity contribution in [1.29, 1.82) is 0 Å². The fourth-order valence-corrected chi connectivity index (χ4v) is 5.21. The molecule has 164 valence electrons. The third-order valence-corrected chi connectivity index (χ3v) is 7.23. The smallest absolute Gasteiger partial charge is 0.268 e. The highest BCUT2D eigenvalue weighted by molar-refractivity contribution is 7.90. The van der Waals surface area contributed by atoms with E-state index in [1.54, 1.807) is 61.7 Å². The first-order valence-electron chi connectivity index (χ1n) is 10.3. The summed E-state index contributed by atoms with van der Waals surface area (Å²) in [5, 5.41) is 0.610. The second-order valence-corrected chi connectivity index (χ2v) is 10.5. The highest BCUT2D eigenvalue weighted by Crippen LogP contribution is 2.30. The molecular weight excluding hydrogens is 422 g/mol. The van der Waals surface area contributed by atoms with E-state index in [9.17, 15) is 13.2 Å². The van der Waals surface area contributed by atoms with Crippen LogP contribution in [0.3, 0.4) is 0 Å². The largest absolute Gasteiger partial charge is 0.497 e. The first-order valence-corrected chi connectivity index (χ1v) is 11.7. The summed E-state index contributed by atoms with van der Waals surface area (Å²) in [6.45, 7) is 6.30. The Balaban J connectivity index is 1.92. The maximum absolute atomic E-state index is 13.6. The molecule has 3 aromatic carbocycles. The fourth-order valence-electron chi connectivity index (χ4n) is 3.68. The van der Waals surface area contributed by atoms with E-state index in [0.29, 0.717) is 22.2 Å². The van der Waals surface area contributed by atoms with Gasteiger partial charge in [-0.15, -0.1) is 0 Å². The van der Waals surface area contributed by atoms with Crippen molar-refractivity contribution in [2.75, 3.05) is 7.11 Å². The summed E-state index contributed by atoms with van der Waals surface area (Å²) in [5.74, 6) is 0.223. The van der Waals surface area contributed by atoms with Gasteiger partial charge in [0, 0.05) is 10.9 Å². The lowest BCUT2D eigenvalue weighted by Gasteiger charge is -2.19. The number of methoxy groups -OCH3 is 1. The van der Waals surface area contributed by atoms with Gasteiger partial charge in [0.25, 0.3) is 10.0 Å². The van der Waals surface area contributed by atoms with Crippen LogP contribution in [-0.4, -0.2) is 25.3 Å². The molecule has 4 rings (SSSR count). The van der Waals surface area contributed by atoms with E-state index < -0.39 is 10.0 Å². The molecule has 1 heterocycles. The lowest BCUT2D eigenvalue weighted by Crippen LogP contribution is -2.19. The Morgan fingerprint density at radius 3 is 2.12 bits per heavy atom. The van der Waals surface area contributed by atoms with Crippen LogP contribution in [0.1, 0.15) is 42.4 Å². The molecule has 5 nitrogen and oxygen atoms in total. The third kappa shape index (κ3) is 3.82. The summed E-state index contributed by atoms with van der Waals surface area (Å²) in [5.41, 5.74) is 1.97. The quantitative estimate of drug-likeness (QED) is 0.384. The Bertz CT molecular complexity index is 1390. The first kappa shape index (κ1) is 21.8. The molecule has 0 saturated carbocycles. The number of ether oxygens (including phenoxy) is 1. The number of ketones is 1. The first-order chi connectivity index (χ1) is 15.1. The van der Waals surface area contributed by atoms with Crippen molar-refractivity contribution in [2.45, 2.75) is 31.1 Å². The van der Waals surface area contributed by atoms with Gasteiger partial charge in [0.15, 0.2) is 0 Å². The van der Waals surface area contributed by atoms with Crippen LogP contribution in [0, 0.1) is 0 Å². The summed E-state index contributed by atoms with van der Waals surface area (Å²) >= 11 is 0. The van der Waals surface area contributed by atoms with Gasteiger partial charge in [-0.1, -0.05) is 63.2 Å². The second-order valence-electron chi connectivity index (χ2n) is 8.69. The lowest BCUT2D eigenvalue weighted by atomic mass is 9.86. The minimum absolute atomic E-state index is 0.0519. The molecule has 0 unspecified atom stereocenters. The van der Waals surface area contributed by atoms with Crippen LogP contribution in [0.2, 0.25) is 0 Å². The molecule has 1 aromatic heterocycles. The zero-order valence-corrected chi connectivity index (χ0v) is 19.3. The van der Waals surface area contributed by atoms with Crippen LogP contribution < -0.4 is 4.74 Å².